The second kappa shape index (κ2) is 8.32. The molecular weight excluding hydrogens is 236 g/mol. The number of rotatable bonds is 4. The predicted molar refractivity (Wildman–Crippen MR) is 68.4 cm³/mol. The van der Waals surface area contributed by atoms with Crippen LogP contribution >= 0.6 is 0 Å². The van der Waals surface area contributed by atoms with Gasteiger partial charge in [0.25, 0.3) is 0 Å². The Morgan fingerprint density at radius 1 is 1.33 bits per heavy atom. The Bertz CT molecular complexity index is 382. The van der Waals surface area contributed by atoms with Crippen molar-refractivity contribution in [1.82, 2.24) is 0 Å². The molecule has 6 nitrogen and oxygen atoms in total. The maximum Gasteiger partial charge on any atom is 0.320 e. The van der Waals surface area contributed by atoms with Crippen LogP contribution in [0.1, 0.15) is 18.9 Å². The maximum absolute atomic E-state index is 9.81. The minimum atomic E-state index is -0.928. The van der Waals surface area contributed by atoms with Gasteiger partial charge in [0.2, 0.25) is 0 Å². The number of benzene rings is 1. The van der Waals surface area contributed by atoms with E-state index in [0.717, 1.165) is 5.56 Å². The lowest BCUT2D eigenvalue weighted by molar-refractivity contribution is -0.138. The van der Waals surface area contributed by atoms with E-state index < -0.39 is 12.0 Å². The molecule has 1 unspecified atom stereocenters. The van der Waals surface area contributed by atoms with Gasteiger partial charge in [0.15, 0.2) is 11.5 Å². The number of nitrogens with two attached hydrogens (primary N) is 2. The molecule has 0 amide bonds. The highest BCUT2D eigenvalue weighted by molar-refractivity contribution is 5.72. The lowest BCUT2D eigenvalue weighted by Crippen LogP contribution is -2.28. The number of carbonyl (C=O) groups is 1. The van der Waals surface area contributed by atoms with E-state index in [1.165, 1.54) is 12.1 Å². The van der Waals surface area contributed by atoms with Crippen molar-refractivity contribution in [3.8, 4) is 11.5 Å². The molecule has 0 saturated heterocycles. The number of carboxylic acids is 1. The molecule has 7 N–H and O–H groups in total. The summed E-state index contributed by atoms with van der Waals surface area (Å²) in [7, 11) is 0. The maximum atomic E-state index is 9.81. The predicted octanol–water partition coefficient (Wildman–Crippen LogP) is 0.407. The average molecular weight is 256 g/mol. The summed E-state index contributed by atoms with van der Waals surface area (Å²) in [6, 6.07) is 4.03. The summed E-state index contributed by atoms with van der Waals surface area (Å²) in [5.41, 5.74) is 11.3. The zero-order chi connectivity index (χ0) is 14.1. The third kappa shape index (κ3) is 6.07. The molecule has 0 saturated carbocycles. The number of hydrogen-bond acceptors (Lipinski definition) is 5. The fourth-order valence-corrected chi connectivity index (χ4v) is 1.07. The van der Waals surface area contributed by atoms with Crippen molar-refractivity contribution in [1.29, 1.82) is 0 Å². The number of phenols is 2. The van der Waals surface area contributed by atoms with E-state index in [4.69, 9.17) is 26.8 Å². The molecule has 0 bridgehead atoms. The molecule has 1 aromatic rings. The molecule has 6 heteroatoms. The van der Waals surface area contributed by atoms with Crippen molar-refractivity contribution in [3.63, 3.8) is 0 Å². The largest absolute Gasteiger partial charge is 0.504 e. The SMILES string of the molecule is CCC(N)C(=O)O.NCCc1ccc(O)c(O)c1. The van der Waals surface area contributed by atoms with E-state index in [0.29, 0.717) is 19.4 Å². The van der Waals surface area contributed by atoms with Gasteiger partial charge in [-0.1, -0.05) is 13.0 Å². The summed E-state index contributed by atoms with van der Waals surface area (Å²) in [5.74, 6) is -1.11. The molecule has 1 aromatic carbocycles. The number of carboxylic acid groups (broad SMARTS) is 1. The van der Waals surface area contributed by atoms with Gasteiger partial charge in [0.1, 0.15) is 6.04 Å². The lowest BCUT2D eigenvalue weighted by Gasteiger charge is -2.00. The van der Waals surface area contributed by atoms with Crippen LogP contribution in [-0.2, 0) is 11.2 Å². The molecule has 0 radical (unpaired) electrons. The Balaban J connectivity index is 0.000000360. The molecule has 0 aliphatic heterocycles. The van der Waals surface area contributed by atoms with E-state index in [1.807, 2.05) is 0 Å². The molecule has 0 heterocycles. The summed E-state index contributed by atoms with van der Waals surface area (Å²) in [6.07, 6.45) is 1.21. The minimum absolute atomic E-state index is 0.0871. The third-order valence-corrected chi connectivity index (χ3v) is 2.23. The van der Waals surface area contributed by atoms with Gasteiger partial charge in [0.05, 0.1) is 0 Å². The van der Waals surface area contributed by atoms with E-state index >= 15 is 0 Å². The van der Waals surface area contributed by atoms with Crippen molar-refractivity contribution >= 4 is 5.97 Å². The van der Waals surface area contributed by atoms with Crippen LogP contribution in [0, 0.1) is 0 Å². The monoisotopic (exact) mass is 256 g/mol. The zero-order valence-corrected chi connectivity index (χ0v) is 10.3. The van der Waals surface area contributed by atoms with Crippen LogP contribution in [0.25, 0.3) is 0 Å². The lowest BCUT2D eigenvalue weighted by atomic mass is 10.1. The summed E-state index contributed by atoms with van der Waals surface area (Å²) in [4.78, 5) is 9.81. The number of aromatic hydroxyl groups is 2. The second-order valence-corrected chi connectivity index (χ2v) is 3.71. The smallest absolute Gasteiger partial charge is 0.320 e. The molecule has 102 valence electrons. The highest BCUT2D eigenvalue weighted by Crippen LogP contribution is 2.24. The summed E-state index contributed by atoms with van der Waals surface area (Å²) in [5, 5.41) is 26.0. The molecule has 0 aromatic heterocycles. The van der Waals surface area contributed by atoms with E-state index in [2.05, 4.69) is 0 Å². The quantitative estimate of drug-likeness (QED) is 0.496. The zero-order valence-electron chi connectivity index (χ0n) is 10.3. The van der Waals surface area contributed by atoms with Crippen LogP contribution in [0.15, 0.2) is 18.2 Å². The molecule has 0 aliphatic rings. The first-order valence-electron chi connectivity index (χ1n) is 5.61. The van der Waals surface area contributed by atoms with Gasteiger partial charge in [-0.25, -0.2) is 0 Å². The summed E-state index contributed by atoms with van der Waals surface area (Å²) in [6.45, 7) is 2.28. The topological polar surface area (TPSA) is 130 Å². The summed E-state index contributed by atoms with van der Waals surface area (Å²) >= 11 is 0. The molecule has 0 fully saturated rings. The Hall–Kier alpha value is -1.79. The van der Waals surface area contributed by atoms with Crippen LogP contribution < -0.4 is 11.5 Å². The fourth-order valence-electron chi connectivity index (χ4n) is 1.07. The van der Waals surface area contributed by atoms with Crippen molar-refractivity contribution in [2.75, 3.05) is 6.54 Å². The average Bonchev–Trinajstić information content (AvgIpc) is 2.34. The van der Waals surface area contributed by atoms with Crippen molar-refractivity contribution < 1.29 is 20.1 Å². The molecule has 1 rings (SSSR count). The fraction of sp³-hybridized carbons (Fsp3) is 0.417. The van der Waals surface area contributed by atoms with E-state index in [1.54, 1.807) is 13.0 Å². The molecule has 18 heavy (non-hydrogen) atoms. The van der Waals surface area contributed by atoms with Crippen LogP contribution in [0.4, 0.5) is 0 Å². The van der Waals surface area contributed by atoms with E-state index in [-0.39, 0.29) is 11.5 Å². The number of phenolic OH excluding ortho intramolecular Hbond substituents is 2. The van der Waals surface area contributed by atoms with E-state index in [9.17, 15) is 4.79 Å². The first kappa shape index (κ1) is 16.2. The van der Waals surface area contributed by atoms with Gasteiger partial charge < -0.3 is 26.8 Å². The molecule has 1 atom stereocenters. The Morgan fingerprint density at radius 2 is 1.94 bits per heavy atom. The van der Waals surface area contributed by atoms with Crippen LogP contribution in [0.3, 0.4) is 0 Å². The van der Waals surface area contributed by atoms with Crippen molar-refractivity contribution in [2.45, 2.75) is 25.8 Å². The van der Waals surface area contributed by atoms with Gasteiger partial charge in [-0.05, 0) is 37.1 Å². The molecule has 0 spiro atoms. The van der Waals surface area contributed by atoms with Gasteiger partial charge in [-0.2, -0.15) is 0 Å². The van der Waals surface area contributed by atoms with Gasteiger partial charge in [0, 0.05) is 0 Å². The highest BCUT2D eigenvalue weighted by atomic mass is 16.4. The Morgan fingerprint density at radius 3 is 2.28 bits per heavy atom. The van der Waals surface area contributed by atoms with Gasteiger partial charge >= 0.3 is 5.97 Å². The first-order valence-corrected chi connectivity index (χ1v) is 5.61. The second-order valence-electron chi connectivity index (χ2n) is 3.71. The first-order chi connectivity index (χ1) is 8.42. The van der Waals surface area contributed by atoms with Crippen molar-refractivity contribution in [2.24, 2.45) is 11.5 Å². The van der Waals surface area contributed by atoms with Crippen LogP contribution in [0.5, 0.6) is 11.5 Å². The Labute approximate surface area is 106 Å². The number of hydrogen-bond donors (Lipinski definition) is 5. The van der Waals surface area contributed by atoms with Crippen LogP contribution in [0.2, 0.25) is 0 Å². The Kier molecular flexibility index (Phi) is 7.50. The third-order valence-electron chi connectivity index (χ3n) is 2.23. The standard InChI is InChI=1S/C8H11NO2.C4H9NO2/c9-4-3-6-1-2-7(10)8(11)5-6;1-2-3(5)4(6)7/h1-2,5,10-11H,3-4,9H2;3H,2,5H2,1H3,(H,6,7). The minimum Gasteiger partial charge on any atom is -0.504 e. The van der Waals surface area contributed by atoms with Gasteiger partial charge in [-0.3, -0.25) is 4.79 Å². The van der Waals surface area contributed by atoms with Crippen LogP contribution in [-0.4, -0.2) is 33.9 Å². The highest BCUT2D eigenvalue weighted by Gasteiger charge is 2.05. The molecule has 0 aliphatic carbocycles. The molecular formula is C12H20N2O4. The van der Waals surface area contributed by atoms with Gasteiger partial charge in [-0.15, -0.1) is 0 Å². The normalized spacial score (nSPS) is 11.3. The van der Waals surface area contributed by atoms with Crippen molar-refractivity contribution in [3.05, 3.63) is 23.8 Å². The number of aliphatic carboxylic acids is 1. The summed E-state index contributed by atoms with van der Waals surface area (Å²) < 4.78 is 0.